The van der Waals surface area contributed by atoms with Gasteiger partial charge >= 0.3 is 11.9 Å². The number of hydrogen-bond donors (Lipinski definition) is 0. The first kappa shape index (κ1) is 19.4. The molecule has 1 aliphatic rings. The van der Waals surface area contributed by atoms with E-state index >= 15 is 0 Å². The van der Waals surface area contributed by atoms with Gasteiger partial charge in [-0.15, -0.1) is 0 Å². The van der Waals surface area contributed by atoms with Crippen molar-refractivity contribution < 1.29 is 23.8 Å². The van der Waals surface area contributed by atoms with Crippen molar-refractivity contribution in [3.63, 3.8) is 0 Å². The first-order valence-corrected chi connectivity index (χ1v) is 9.17. The lowest BCUT2D eigenvalue weighted by Gasteiger charge is -2.08. The van der Waals surface area contributed by atoms with E-state index < -0.39 is 11.9 Å². The van der Waals surface area contributed by atoms with E-state index in [9.17, 15) is 9.59 Å². The van der Waals surface area contributed by atoms with Gasteiger partial charge in [-0.2, -0.15) is 0 Å². The summed E-state index contributed by atoms with van der Waals surface area (Å²) >= 11 is 8.32. The molecule has 6 nitrogen and oxygen atoms in total. The average molecular weight is 498 g/mol. The number of esters is 2. The van der Waals surface area contributed by atoms with Crippen molar-refractivity contribution in [2.75, 3.05) is 7.11 Å². The molecule has 138 valence electrons. The number of hydrogen-bond acceptors (Lipinski definition) is 6. The number of rotatable bonds is 4. The van der Waals surface area contributed by atoms with Crippen LogP contribution in [0.3, 0.4) is 0 Å². The van der Waals surface area contributed by atoms with Gasteiger partial charge in [0.15, 0.2) is 17.2 Å². The van der Waals surface area contributed by atoms with Crippen LogP contribution in [0.4, 0.5) is 0 Å². The van der Waals surface area contributed by atoms with E-state index in [0.29, 0.717) is 21.9 Å². The van der Waals surface area contributed by atoms with Crippen LogP contribution in [0.5, 0.6) is 11.5 Å². The summed E-state index contributed by atoms with van der Waals surface area (Å²) in [4.78, 5) is 27.6. The quantitative estimate of drug-likeness (QED) is 0.274. The predicted molar refractivity (Wildman–Crippen MR) is 109 cm³/mol. The minimum absolute atomic E-state index is 0.127. The Kier molecular flexibility index (Phi) is 5.81. The highest BCUT2D eigenvalue weighted by molar-refractivity contribution is 14.1. The first-order valence-electron chi connectivity index (χ1n) is 7.72. The van der Waals surface area contributed by atoms with Crippen LogP contribution in [0.1, 0.15) is 18.1 Å². The van der Waals surface area contributed by atoms with Gasteiger partial charge in [0.25, 0.3) is 0 Å². The number of benzene rings is 2. The molecular weight excluding hydrogens is 485 g/mol. The molecule has 0 amide bonds. The molecule has 0 unspecified atom stereocenters. The fraction of sp³-hybridized carbons (Fsp3) is 0.105. The van der Waals surface area contributed by atoms with Crippen molar-refractivity contribution in [3.8, 4) is 11.5 Å². The Morgan fingerprint density at radius 2 is 2.00 bits per heavy atom. The van der Waals surface area contributed by atoms with Crippen LogP contribution < -0.4 is 9.47 Å². The number of cyclic esters (lactones) is 1. The summed E-state index contributed by atoms with van der Waals surface area (Å²) in [5, 5.41) is 0.440. The van der Waals surface area contributed by atoms with Gasteiger partial charge in [-0.1, -0.05) is 17.7 Å². The van der Waals surface area contributed by atoms with E-state index in [0.717, 1.165) is 3.57 Å². The monoisotopic (exact) mass is 497 g/mol. The van der Waals surface area contributed by atoms with E-state index in [2.05, 4.69) is 27.6 Å². The molecule has 0 N–H and O–H groups in total. The Morgan fingerprint density at radius 1 is 1.22 bits per heavy atom. The maximum Gasteiger partial charge on any atom is 0.363 e. The summed E-state index contributed by atoms with van der Waals surface area (Å²) in [5.41, 5.74) is 1.30. The highest BCUT2D eigenvalue weighted by Crippen LogP contribution is 2.30. The van der Waals surface area contributed by atoms with Crippen molar-refractivity contribution in [3.05, 3.63) is 61.8 Å². The summed E-state index contributed by atoms with van der Waals surface area (Å²) < 4.78 is 16.5. The van der Waals surface area contributed by atoms with E-state index in [4.69, 9.17) is 25.8 Å². The maximum atomic E-state index is 12.2. The number of carbonyl (C=O) groups is 2. The summed E-state index contributed by atoms with van der Waals surface area (Å²) in [6.07, 6.45) is 1.55. The van der Waals surface area contributed by atoms with E-state index in [-0.39, 0.29) is 17.3 Å². The van der Waals surface area contributed by atoms with E-state index in [1.54, 1.807) is 36.4 Å². The van der Waals surface area contributed by atoms with Gasteiger partial charge in [0.1, 0.15) is 0 Å². The summed E-state index contributed by atoms with van der Waals surface area (Å²) in [7, 11) is 1.46. The molecule has 2 aromatic rings. The molecular formula is C19H13ClINO5. The van der Waals surface area contributed by atoms with Crippen LogP contribution in [0.15, 0.2) is 47.1 Å². The number of ether oxygens (including phenoxy) is 3. The molecule has 0 saturated carbocycles. The topological polar surface area (TPSA) is 74.2 Å². The van der Waals surface area contributed by atoms with Crippen molar-refractivity contribution in [1.82, 2.24) is 0 Å². The Bertz CT molecular complexity index is 1000. The molecule has 0 atom stereocenters. The van der Waals surface area contributed by atoms with Crippen LogP contribution >= 0.6 is 34.2 Å². The largest absolute Gasteiger partial charge is 0.493 e. The molecule has 0 radical (unpaired) electrons. The third-order valence-corrected chi connectivity index (χ3v) is 4.52. The normalized spacial score (nSPS) is 14.7. The number of methoxy groups -OCH3 is 1. The van der Waals surface area contributed by atoms with E-state index in [1.165, 1.54) is 14.0 Å². The SMILES string of the molecule is COc1cc(/C=C2\N=C(c3cc(I)ccc3Cl)OC2=O)ccc1OC(C)=O. The molecule has 0 bridgehead atoms. The van der Waals surface area contributed by atoms with Crippen LogP contribution in [-0.4, -0.2) is 24.9 Å². The van der Waals surface area contributed by atoms with Crippen LogP contribution in [0.25, 0.3) is 6.08 Å². The molecule has 0 aliphatic carbocycles. The van der Waals surface area contributed by atoms with Gasteiger partial charge in [-0.25, -0.2) is 9.79 Å². The van der Waals surface area contributed by atoms with Gasteiger partial charge in [-0.3, -0.25) is 4.79 Å². The van der Waals surface area contributed by atoms with Crippen molar-refractivity contribution in [2.45, 2.75) is 6.92 Å². The minimum atomic E-state index is -0.581. The highest BCUT2D eigenvalue weighted by Gasteiger charge is 2.26. The fourth-order valence-electron chi connectivity index (χ4n) is 2.36. The standard InChI is InChI=1S/C19H13ClINO5/c1-10(23)26-16-6-3-11(8-17(16)25-2)7-15-19(24)27-18(22-15)13-9-12(21)4-5-14(13)20/h3-9H,1-2H3/b15-7-. The van der Waals surface area contributed by atoms with Crippen LogP contribution in [0, 0.1) is 3.57 Å². The van der Waals surface area contributed by atoms with Gasteiger partial charge in [0.05, 0.1) is 17.7 Å². The first-order chi connectivity index (χ1) is 12.9. The molecule has 2 aromatic carbocycles. The van der Waals surface area contributed by atoms with Crippen molar-refractivity contribution in [1.29, 1.82) is 0 Å². The zero-order valence-electron chi connectivity index (χ0n) is 14.3. The fourth-order valence-corrected chi connectivity index (χ4v) is 3.05. The lowest BCUT2D eigenvalue weighted by atomic mass is 10.1. The molecule has 0 aromatic heterocycles. The van der Waals surface area contributed by atoms with Gasteiger partial charge in [0.2, 0.25) is 5.90 Å². The minimum Gasteiger partial charge on any atom is -0.493 e. The Balaban J connectivity index is 1.95. The second kappa shape index (κ2) is 8.10. The Labute approximate surface area is 173 Å². The molecule has 27 heavy (non-hydrogen) atoms. The molecule has 0 saturated heterocycles. The summed E-state index contributed by atoms with van der Waals surface area (Å²) in [6, 6.07) is 10.2. The zero-order chi connectivity index (χ0) is 19.6. The average Bonchev–Trinajstić information content (AvgIpc) is 2.98. The third kappa shape index (κ3) is 4.48. The van der Waals surface area contributed by atoms with Gasteiger partial charge < -0.3 is 14.2 Å². The summed E-state index contributed by atoms with van der Waals surface area (Å²) in [5.74, 6) is -0.240. The molecule has 0 spiro atoms. The molecule has 8 heteroatoms. The highest BCUT2D eigenvalue weighted by atomic mass is 127. The maximum absolute atomic E-state index is 12.2. The van der Waals surface area contributed by atoms with Crippen molar-refractivity contribution in [2.24, 2.45) is 4.99 Å². The van der Waals surface area contributed by atoms with E-state index in [1.807, 2.05) is 6.07 Å². The molecule has 0 fully saturated rings. The number of nitrogens with zero attached hydrogens (tertiary/aromatic N) is 1. The molecule has 1 heterocycles. The lowest BCUT2D eigenvalue weighted by molar-refractivity contribution is -0.132. The molecule has 3 rings (SSSR count). The molecule has 1 aliphatic heterocycles. The Morgan fingerprint density at radius 3 is 2.70 bits per heavy atom. The van der Waals surface area contributed by atoms with Crippen LogP contribution in [0.2, 0.25) is 5.02 Å². The number of carbonyl (C=O) groups excluding carboxylic acids is 2. The predicted octanol–water partition coefficient (Wildman–Crippen LogP) is 4.22. The summed E-state index contributed by atoms with van der Waals surface area (Å²) in [6.45, 7) is 1.30. The number of halogens is 2. The van der Waals surface area contributed by atoms with Crippen LogP contribution in [-0.2, 0) is 14.3 Å². The third-order valence-electron chi connectivity index (χ3n) is 3.52. The smallest absolute Gasteiger partial charge is 0.363 e. The zero-order valence-corrected chi connectivity index (χ0v) is 17.2. The second-order valence-corrected chi connectivity index (χ2v) is 7.12. The number of aliphatic imine (C=N–C) groups is 1. The Hall–Kier alpha value is -2.39. The van der Waals surface area contributed by atoms with Gasteiger partial charge in [0, 0.05) is 10.5 Å². The van der Waals surface area contributed by atoms with Gasteiger partial charge in [-0.05, 0) is 64.6 Å². The lowest BCUT2D eigenvalue weighted by Crippen LogP contribution is -2.06. The second-order valence-electron chi connectivity index (χ2n) is 5.46. The van der Waals surface area contributed by atoms with Crippen molar-refractivity contribution >= 4 is 58.1 Å².